The van der Waals surface area contributed by atoms with Crippen LogP contribution in [0.3, 0.4) is 0 Å². The highest BCUT2D eigenvalue weighted by Crippen LogP contribution is 2.32. The molecule has 0 saturated carbocycles. The smallest absolute Gasteiger partial charge is 0.318 e. The Morgan fingerprint density at radius 3 is 2.41 bits per heavy atom. The molecule has 1 fully saturated rings. The molecule has 0 bridgehead atoms. The molecule has 0 aliphatic carbocycles. The number of imide groups is 1. The highest BCUT2D eigenvalue weighted by molar-refractivity contribution is 6.08. The van der Waals surface area contributed by atoms with Gasteiger partial charge in [-0.05, 0) is 23.6 Å². The Balaban J connectivity index is 1.76. The molecule has 1 saturated heterocycles. The fourth-order valence-corrected chi connectivity index (χ4v) is 3.25. The zero-order chi connectivity index (χ0) is 21.2. The monoisotopic (exact) mass is 405 g/mol. The summed E-state index contributed by atoms with van der Waals surface area (Å²) in [6.45, 7) is 1.72. The first-order chi connectivity index (χ1) is 13.7. The van der Waals surface area contributed by atoms with Crippen LogP contribution in [0, 0.1) is 0 Å². The molecule has 4 amide bonds. The lowest BCUT2D eigenvalue weighted by Crippen LogP contribution is -2.49. The SMILES string of the molecule is CC[C@]1(c2ccccc2)NC(=O)N(NC(=O)Cc2cccc(C(F)(F)F)c2)C1=O. The van der Waals surface area contributed by atoms with Gasteiger partial charge in [0.25, 0.3) is 5.91 Å². The Morgan fingerprint density at radius 2 is 1.79 bits per heavy atom. The van der Waals surface area contributed by atoms with Gasteiger partial charge in [0.2, 0.25) is 5.91 Å². The Bertz CT molecular complexity index is 947. The second-order valence-corrected chi connectivity index (χ2v) is 6.61. The van der Waals surface area contributed by atoms with Crippen molar-refractivity contribution in [3.63, 3.8) is 0 Å². The number of benzene rings is 2. The van der Waals surface area contributed by atoms with E-state index in [1.807, 2.05) is 0 Å². The van der Waals surface area contributed by atoms with Crippen LogP contribution in [0.15, 0.2) is 54.6 Å². The van der Waals surface area contributed by atoms with Crippen molar-refractivity contribution in [1.82, 2.24) is 15.8 Å². The predicted octanol–water partition coefficient (Wildman–Crippen LogP) is 3.14. The third kappa shape index (κ3) is 3.94. The van der Waals surface area contributed by atoms with Crippen molar-refractivity contribution >= 4 is 17.8 Å². The first-order valence-corrected chi connectivity index (χ1v) is 8.85. The molecule has 0 aromatic heterocycles. The number of carbonyl (C=O) groups excluding carboxylic acids is 3. The summed E-state index contributed by atoms with van der Waals surface area (Å²) in [5, 5.41) is 3.18. The minimum Gasteiger partial charge on any atom is -0.318 e. The zero-order valence-corrected chi connectivity index (χ0v) is 15.4. The lowest BCUT2D eigenvalue weighted by molar-refractivity contribution is -0.139. The lowest BCUT2D eigenvalue weighted by Gasteiger charge is -2.25. The molecule has 1 atom stereocenters. The standard InChI is InChI=1S/C20H18F3N3O3/c1-2-19(14-8-4-3-5-9-14)17(28)26(18(29)24-19)25-16(27)12-13-7-6-10-15(11-13)20(21,22)23/h3-11H,2,12H2,1H3,(H,24,29)(H,25,27)/t19-/m1/s1. The van der Waals surface area contributed by atoms with Gasteiger partial charge < -0.3 is 5.32 Å². The summed E-state index contributed by atoms with van der Waals surface area (Å²) in [4.78, 5) is 37.5. The van der Waals surface area contributed by atoms with E-state index in [4.69, 9.17) is 0 Å². The Morgan fingerprint density at radius 1 is 1.10 bits per heavy atom. The molecular weight excluding hydrogens is 387 g/mol. The van der Waals surface area contributed by atoms with E-state index in [0.717, 1.165) is 12.1 Å². The number of rotatable bonds is 5. The topological polar surface area (TPSA) is 78.5 Å². The number of hydrazine groups is 1. The Hall–Kier alpha value is -3.36. The van der Waals surface area contributed by atoms with Gasteiger partial charge in [-0.1, -0.05) is 55.5 Å². The van der Waals surface area contributed by atoms with Gasteiger partial charge in [0, 0.05) is 0 Å². The molecule has 29 heavy (non-hydrogen) atoms. The molecule has 1 heterocycles. The number of nitrogens with zero attached hydrogens (tertiary/aromatic N) is 1. The molecule has 0 spiro atoms. The van der Waals surface area contributed by atoms with Crippen molar-refractivity contribution in [2.45, 2.75) is 31.5 Å². The third-order valence-electron chi connectivity index (χ3n) is 4.74. The van der Waals surface area contributed by atoms with E-state index in [1.54, 1.807) is 37.3 Å². The fourth-order valence-electron chi connectivity index (χ4n) is 3.25. The second kappa shape index (κ2) is 7.57. The van der Waals surface area contributed by atoms with Crippen molar-refractivity contribution in [2.24, 2.45) is 0 Å². The van der Waals surface area contributed by atoms with E-state index in [9.17, 15) is 27.6 Å². The van der Waals surface area contributed by atoms with E-state index in [2.05, 4.69) is 10.7 Å². The van der Waals surface area contributed by atoms with Crippen molar-refractivity contribution in [3.8, 4) is 0 Å². The molecule has 3 rings (SSSR count). The number of halogens is 3. The first kappa shape index (κ1) is 20.4. The minimum atomic E-state index is -4.53. The van der Waals surface area contributed by atoms with Gasteiger partial charge in [0.05, 0.1) is 12.0 Å². The number of carbonyl (C=O) groups is 3. The molecule has 2 aromatic carbocycles. The average Bonchev–Trinajstić information content (AvgIpc) is 2.93. The largest absolute Gasteiger partial charge is 0.416 e. The van der Waals surface area contributed by atoms with Crippen molar-refractivity contribution < 1.29 is 27.6 Å². The molecular formula is C20H18F3N3O3. The van der Waals surface area contributed by atoms with Gasteiger partial charge in [-0.15, -0.1) is 0 Å². The van der Waals surface area contributed by atoms with E-state index >= 15 is 0 Å². The van der Waals surface area contributed by atoms with Crippen LogP contribution in [0.1, 0.15) is 30.0 Å². The number of hydrogen-bond donors (Lipinski definition) is 2. The van der Waals surface area contributed by atoms with Gasteiger partial charge in [0.15, 0.2) is 0 Å². The molecule has 1 aliphatic rings. The van der Waals surface area contributed by atoms with E-state index in [-0.39, 0.29) is 12.0 Å². The zero-order valence-electron chi connectivity index (χ0n) is 15.4. The maximum absolute atomic E-state index is 12.9. The molecule has 2 aromatic rings. The number of urea groups is 1. The molecule has 2 N–H and O–H groups in total. The number of hydrogen-bond acceptors (Lipinski definition) is 3. The second-order valence-electron chi connectivity index (χ2n) is 6.61. The highest BCUT2D eigenvalue weighted by Gasteiger charge is 2.52. The normalized spacial score (nSPS) is 19.2. The van der Waals surface area contributed by atoms with E-state index in [1.165, 1.54) is 12.1 Å². The maximum atomic E-state index is 12.9. The molecule has 152 valence electrons. The van der Waals surface area contributed by atoms with Crippen LogP contribution in [0.5, 0.6) is 0 Å². The Labute approximate surface area is 164 Å². The van der Waals surface area contributed by atoms with Crippen LogP contribution < -0.4 is 10.7 Å². The number of alkyl halides is 3. The molecule has 0 radical (unpaired) electrons. The predicted molar refractivity (Wildman–Crippen MR) is 97.1 cm³/mol. The third-order valence-corrected chi connectivity index (χ3v) is 4.74. The molecule has 6 nitrogen and oxygen atoms in total. The number of amides is 4. The van der Waals surface area contributed by atoms with Crippen molar-refractivity contribution in [3.05, 3.63) is 71.3 Å². The first-order valence-electron chi connectivity index (χ1n) is 8.85. The molecule has 0 unspecified atom stereocenters. The fraction of sp³-hybridized carbons (Fsp3) is 0.250. The summed E-state index contributed by atoms with van der Waals surface area (Å²) in [7, 11) is 0. The van der Waals surface area contributed by atoms with Crippen LogP contribution in [-0.2, 0) is 27.7 Å². The summed E-state index contributed by atoms with van der Waals surface area (Å²) < 4.78 is 38.4. The Kier molecular flexibility index (Phi) is 5.32. The summed E-state index contributed by atoms with van der Waals surface area (Å²) in [6.07, 6.45) is -4.71. The average molecular weight is 405 g/mol. The van der Waals surface area contributed by atoms with Gasteiger partial charge in [0.1, 0.15) is 5.54 Å². The van der Waals surface area contributed by atoms with Gasteiger partial charge in [-0.2, -0.15) is 18.2 Å². The van der Waals surface area contributed by atoms with E-state index < -0.39 is 41.5 Å². The van der Waals surface area contributed by atoms with Crippen molar-refractivity contribution in [1.29, 1.82) is 0 Å². The van der Waals surface area contributed by atoms with Crippen LogP contribution in [0.4, 0.5) is 18.0 Å². The van der Waals surface area contributed by atoms with E-state index in [0.29, 0.717) is 10.6 Å². The van der Waals surface area contributed by atoms with Crippen LogP contribution in [0.2, 0.25) is 0 Å². The summed E-state index contributed by atoms with van der Waals surface area (Å²) in [5.74, 6) is -1.44. The van der Waals surface area contributed by atoms with Crippen LogP contribution in [0.25, 0.3) is 0 Å². The highest BCUT2D eigenvalue weighted by atomic mass is 19.4. The van der Waals surface area contributed by atoms with Crippen LogP contribution in [-0.4, -0.2) is 22.9 Å². The van der Waals surface area contributed by atoms with Crippen molar-refractivity contribution in [2.75, 3.05) is 0 Å². The summed E-state index contributed by atoms with van der Waals surface area (Å²) in [6, 6.07) is 12.1. The molecule has 1 aliphatic heterocycles. The lowest BCUT2D eigenvalue weighted by atomic mass is 9.87. The van der Waals surface area contributed by atoms with Gasteiger partial charge in [-0.25, -0.2) is 4.79 Å². The van der Waals surface area contributed by atoms with Gasteiger partial charge >= 0.3 is 12.2 Å². The summed E-state index contributed by atoms with van der Waals surface area (Å²) in [5.41, 5.74) is 0.666. The van der Waals surface area contributed by atoms with Gasteiger partial charge in [-0.3, -0.25) is 15.0 Å². The maximum Gasteiger partial charge on any atom is 0.416 e. The minimum absolute atomic E-state index is 0.106. The quantitative estimate of drug-likeness (QED) is 0.751. The number of nitrogens with one attached hydrogen (secondary N) is 2. The summed E-state index contributed by atoms with van der Waals surface area (Å²) >= 11 is 0. The van der Waals surface area contributed by atoms with Crippen LogP contribution >= 0.6 is 0 Å². The molecule has 9 heteroatoms.